The molecule has 0 amide bonds. The Hall–Kier alpha value is -2.43. The van der Waals surface area contributed by atoms with Crippen LogP contribution in [-0.2, 0) is 7.05 Å². The van der Waals surface area contributed by atoms with Crippen molar-refractivity contribution in [2.45, 2.75) is 13.8 Å². The van der Waals surface area contributed by atoms with Crippen molar-refractivity contribution in [3.8, 4) is 0 Å². The van der Waals surface area contributed by atoms with Crippen molar-refractivity contribution in [2.75, 3.05) is 0 Å². The highest BCUT2D eigenvalue weighted by atomic mass is 19.1. The van der Waals surface area contributed by atoms with Crippen molar-refractivity contribution < 1.29 is 13.6 Å². The summed E-state index contributed by atoms with van der Waals surface area (Å²) in [5.41, 5.74) is 2.46. The average Bonchev–Trinajstić information content (AvgIpc) is 2.91. The third kappa shape index (κ3) is 1.82. The largest absolute Gasteiger partial charge is 0.453 e. The van der Waals surface area contributed by atoms with E-state index in [9.17, 15) is 9.18 Å². The second-order valence-corrected chi connectivity index (χ2v) is 4.79. The predicted molar refractivity (Wildman–Crippen MR) is 72.3 cm³/mol. The Labute approximate surface area is 114 Å². The third-order valence-corrected chi connectivity index (χ3v) is 3.44. The van der Waals surface area contributed by atoms with Gasteiger partial charge in [0.15, 0.2) is 5.76 Å². The Balaban J connectivity index is 2.12. The molecule has 3 aromatic rings. The van der Waals surface area contributed by atoms with Crippen molar-refractivity contribution in [3.63, 3.8) is 0 Å². The van der Waals surface area contributed by atoms with E-state index in [1.807, 2.05) is 6.92 Å². The van der Waals surface area contributed by atoms with Gasteiger partial charge in [0.1, 0.15) is 11.4 Å². The lowest BCUT2D eigenvalue weighted by molar-refractivity contribution is 0.101. The minimum absolute atomic E-state index is 0.199. The number of carbonyl (C=O) groups is 1. The van der Waals surface area contributed by atoms with Gasteiger partial charge in [-0.2, -0.15) is 5.10 Å². The number of hydrogen-bond donors (Lipinski definition) is 0. The summed E-state index contributed by atoms with van der Waals surface area (Å²) in [5.74, 6) is -0.388. The van der Waals surface area contributed by atoms with E-state index < -0.39 is 0 Å². The first kappa shape index (κ1) is 12.6. The molecule has 0 aliphatic carbocycles. The van der Waals surface area contributed by atoms with Crippen LogP contribution in [0.5, 0.6) is 0 Å². The number of ketones is 1. The van der Waals surface area contributed by atoms with E-state index in [1.54, 1.807) is 24.7 Å². The van der Waals surface area contributed by atoms with Crippen LogP contribution in [0, 0.1) is 19.7 Å². The van der Waals surface area contributed by atoms with E-state index in [0.29, 0.717) is 22.2 Å². The number of halogens is 1. The Bertz CT molecular complexity index is 830. The molecule has 0 fully saturated rings. The molecule has 0 aliphatic rings. The monoisotopic (exact) mass is 272 g/mol. The lowest BCUT2D eigenvalue weighted by atomic mass is 10.1. The number of benzene rings is 1. The van der Waals surface area contributed by atoms with Gasteiger partial charge in [0.05, 0.1) is 11.3 Å². The van der Waals surface area contributed by atoms with Crippen LogP contribution in [0.3, 0.4) is 0 Å². The highest BCUT2D eigenvalue weighted by molar-refractivity contribution is 6.10. The van der Waals surface area contributed by atoms with E-state index in [1.165, 1.54) is 18.2 Å². The lowest BCUT2D eigenvalue weighted by Crippen LogP contribution is -2.03. The zero-order chi connectivity index (χ0) is 14.4. The van der Waals surface area contributed by atoms with Crippen molar-refractivity contribution in [3.05, 3.63) is 52.8 Å². The average molecular weight is 272 g/mol. The molecule has 2 aromatic heterocycles. The second kappa shape index (κ2) is 4.30. The van der Waals surface area contributed by atoms with E-state index in [0.717, 1.165) is 5.69 Å². The van der Waals surface area contributed by atoms with Crippen LogP contribution in [0.15, 0.2) is 28.7 Å². The molecule has 0 N–H and O–H groups in total. The molecule has 3 rings (SSSR count). The predicted octanol–water partition coefficient (Wildman–Crippen LogP) is 3.15. The molecular formula is C15H13FN2O2. The molecule has 0 unspecified atom stereocenters. The van der Waals surface area contributed by atoms with E-state index in [2.05, 4.69) is 5.10 Å². The first-order valence-corrected chi connectivity index (χ1v) is 6.21. The van der Waals surface area contributed by atoms with Crippen LogP contribution in [0.25, 0.3) is 11.0 Å². The number of nitrogens with zero attached hydrogens (tertiary/aromatic N) is 2. The molecule has 0 atom stereocenters. The summed E-state index contributed by atoms with van der Waals surface area (Å²) in [5, 5.41) is 4.80. The minimum atomic E-state index is -0.356. The zero-order valence-corrected chi connectivity index (χ0v) is 11.4. The van der Waals surface area contributed by atoms with Gasteiger partial charge in [-0.3, -0.25) is 9.48 Å². The van der Waals surface area contributed by atoms with Gasteiger partial charge < -0.3 is 4.42 Å². The molecule has 1 aromatic carbocycles. The van der Waals surface area contributed by atoms with Crippen molar-refractivity contribution in [1.82, 2.24) is 9.78 Å². The molecule has 102 valence electrons. The Morgan fingerprint density at radius 1 is 1.30 bits per heavy atom. The van der Waals surface area contributed by atoms with Crippen LogP contribution in [0.4, 0.5) is 4.39 Å². The van der Waals surface area contributed by atoms with Gasteiger partial charge in [-0.05, 0) is 38.1 Å². The minimum Gasteiger partial charge on any atom is -0.453 e. The van der Waals surface area contributed by atoms with Gasteiger partial charge in [-0.1, -0.05) is 0 Å². The van der Waals surface area contributed by atoms with E-state index in [-0.39, 0.29) is 17.4 Å². The molecule has 4 nitrogen and oxygen atoms in total. The fourth-order valence-electron chi connectivity index (χ4n) is 2.35. The number of rotatable bonds is 2. The fraction of sp³-hybridized carbons (Fsp3) is 0.200. The summed E-state index contributed by atoms with van der Waals surface area (Å²) in [4.78, 5) is 12.5. The normalized spacial score (nSPS) is 11.2. The number of hydrogen-bond acceptors (Lipinski definition) is 3. The highest BCUT2D eigenvalue weighted by Crippen LogP contribution is 2.24. The van der Waals surface area contributed by atoms with Crippen molar-refractivity contribution in [1.29, 1.82) is 0 Å². The summed E-state index contributed by atoms with van der Waals surface area (Å²) >= 11 is 0. The maximum atomic E-state index is 13.2. The molecular weight excluding hydrogens is 259 g/mol. The van der Waals surface area contributed by atoms with Crippen molar-refractivity contribution in [2.24, 2.45) is 7.05 Å². The molecule has 0 aliphatic heterocycles. The van der Waals surface area contributed by atoms with Gasteiger partial charge >= 0.3 is 0 Å². The van der Waals surface area contributed by atoms with Crippen molar-refractivity contribution >= 4 is 16.8 Å². The Morgan fingerprint density at radius 3 is 2.70 bits per heavy atom. The van der Waals surface area contributed by atoms with Gasteiger partial charge in [0, 0.05) is 18.1 Å². The van der Waals surface area contributed by atoms with E-state index >= 15 is 0 Å². The number of aromatic nitrogens is 2. The maximum absolute atomic E-state index is 13.2. The fourth-order valence-corrected chi connectivity index (χ4v) is 2.35. The Kier molecular flexibility index (Phi) is 2.71. The quantitative estimate of drug-likeness (QED) is 0.673. The topological polar surface area (TPSA) is 48.0 Å². The van der Waals surface area contributed by atoms with Gasteiger partial charge in [-0.15, -0.1) is 0 Å². The Morgan fingerprint density at radius 2 is 2.05 bits per heavy atom. The summed E-state index contributed by atoms with van der Waals surface area (Å²) in [7, 11) is 1.78. The van der Waals surface area contributed by atoms with Gasteiger partial charge in [0.2, 0.25) is 5.78 Å². The molecule has 0 saturated heterocycles. The first-order chi connectivity index (χ1) is 9.47. The SMILES string of the molecule is Cc1nn(C)c(C)c1C(=O)c1cc2cc(F)ccc2o1. The van der Waals surface area contributed by atoms with Gasteiger partial charge in [0.25, 0.3) is 0 Å². The van der Waals surface area contributed by atoms with Crippen LogP contribution in [-0.4, -0.2) is 15.6 Å². The molecule has 0 saturated carbocycles. The molecule has 20 heavy (non-hydrogen) atoms. The molecule has 0 radical (unpaired) electrons. The van der Waals surface area contributed by atoms with Crippen LogP contribution < -0.4 is 0 Å². The summed E-state index contributed by atoms with van der Waals surface area (Å²) in [6.07, 6.45) is 0. The summed E-state index contributed by atoms with van der Waals surface area (Å²) in [6.45, 7) is 3.61. The molecule has 5 heteroatoms. The number of fused-ring (bicyclic) bond motifs is 1. The zero-order valence-electron chi connectivity index (χ0n) is 11.4. The smallest absolute Gasteiger partial charge is 0.231 e. The first-order valence-electron chi connectivity index (χ1n) is 6.21. The number of aryl methyl sites for hydroxylation is 2. The third-order valence-electron chi connectivity index (χ3n) is 3.44. The molecule has 2 heterocycles. The highest BCUT2D eigenvalue weighted by Gasteiger charge is 2.22. The summed E-state index contributed by atoms with van der Waals surface area (Å²) < 4.78 is 20.3. The van der Waals surface area contributed by atoms with Gasteiger partial charge in [-0.25, -0.2) is 4.39 Å². The van der Waals surface area contributed by atoms with Crippen LogP contribution in [0.1, 0.15) is 27.5 Å². The standard InChI is InChI=1S/C15H13FN2O2/c1-8-14(9(2)18(3)17-8)15(19)13-7-10-6-11(16)4-5-12(10)20-13/h4-7H,1-3H3. The molecule has 0 spiro atoms. The summed E-state index contributed by atoms with van der Waals surface area (Å²) in [6, 6.07) is 5.73. The lowest BCUT2D eigenvalue weighted by Gasteiger charge is -1.98. The van der Waals surface area contributed by atoms with Crippen LogP contribution >= 0.6 is 0 Å². The number of furan rings is 1. The second-order valence-electron chi connectivity index (χ2n) is 4.79. The molecule has 0 bridgehead atoms. The maximum Gasteiger partial charge on any atom is 0.231 e. The van der Waals surface area contributed by atoms with E-state index in [4.69, 9.17) is 4.42 Å². The van der Waals surface area contributed by atoms with Crippen LogP contribution in [0.2, 0.25) is 0 Å². The number of carbonyl (C=O) groups excluding carboxylic acids is 1.